The van der Waals surface area contributed by atoms with Crippen molar-refractivity contribution in [3.8, 4) is 0 Å². The number of likely N-dealkylation sites (tertiary alicyclic amines) is 1. The second kappa shape index (κ2) is 7.11. The number of nitrogens with zero attached hydrogens (tertiary/aromatic N) is 1. The number of carbonyl (C=O) groups excluding carboxylic acids is 2. The molecule has 1 saturated heterocycles. The fourth-order valence-corrected chi connectivity index (χ4v) is 2.51. The maximum atomic E-state index is 12.1. The molecule has 1 rings (SSSR count). The number of ether oxygens (including phenoxy) is 3. The number of rotatable bonds is 4. The van der Waals surface area contributed by atoms with E-state index in [1.807, 2.05) is 20.8 Å². The highest BCUT2D eigenvalue weighted by Crippen LogP contribution is 2.36. The van der Waals surface area contributed by atoms with Crippen LogP contribution in [0, 0.1) is 5.41 Å². The lowest BCUT2D eigenvalue weighted by molar-refractivity contribution is -0.157. The molecule has 122 valence electrons. The minimum absolute atomic E-state index is 0.219. The lowest BCUT2D eigenvalue weighted by Crippen LogP contribution is -2.48. The number of hydrogen-bond donors (Lipinski definition) is 0. The Balaban J connectivity index is 2.65. The second-order valence-electron chi connectivity index (χ2n) is 6.48. The van der Waals surface area contributed by atoms with Crippen molar-refractivity contribution < 1.29 is 23.8 Å². The zero-order valence-electron chi connectivity index (χ0n) is 13.7. The zero-order valence-corrected chi connectivity index (χ0v) is 13.7. The van der Waals surface area contributed by atoms with Crippen LogP contribution >= 0.6 is 0 Å². The van der Waals surface area contributed by atoms with Gasteiger partial charge < -0.3 is 19.1 Å². The summed E-state index contributed by atoms with van der Waals surface area (Å²) in [6.07, 6.45) is 1.43. The van der Waals surface area contributed by atoms with Gasteiger partial charge in [0.1, 0.15) is 5.60 Å². The van der Waals surface area contributed by atoms with E-state index < -0.39 is 11.0 Å². The first-order valence-corrected chi connectivity index (χ1v) is 7.29. The third kappa shape index (κ3) is 4.88. The summed E-state index contributed by atoms with van der Waals surface area (Å²) in [4.78, 5) is 25.8. The van der Waals surface area contributed by atoms with E-state index in [0.29, 0.717) is 39.0 Å². The lowest BCUT2D eigenvalue weighted by atomic mass is 9.76. The van der Waals surface area contributed by atoms with E-state index >= 15 is 0 Å². The molecule has 1 fully saturated rings. The van der Waals surface area contributed by atoms with Crippen LogP contribution in [0.25, 0.3) is 0 Å². The van der Waals surface area contributed by atoms with Crippen molar-refractivity contribution >= 4 is 12.1 Å². The van der Waals surface area contributed by atoms with Crippen molar-refractivity contribution in [3.05, 3.63) is 0 Å². The van der Waals surface area contributed by atoms with Gasteiger partial charge in [-0.05, 0) is 40.0 Å². The van der Waals surface area contributed by atoms with Gasteiger partial charge in [0.15, 0.2) is 0 Å². The standard InChI is InChI=1S/C15H27NO5/c1-14(2,3)21-13(18)16-9-6-15(7-10-16,8-11-19-4)12(17)20-5/h6-11H2,1-5H3. The van der Waals surface area contributed by atoms with Crippen LogP contribution in [0.4, 0.5) is 4.79 Å². The maximum Gasteiger partial charge on any atom is 0.410 e. The summed E-state index contributed by atoms with van der Waals surface area (Å²) in [5.74, 6) is -0.219. The number of carbonyl (C=O) groups is 2. The van der Waals surface area contributed by atoms with Gasteiger partial charge in [0.2, 0.25) is 0 Å². The molecule has 0 radical (unpaired) electrons. The quantitative estimate of drug-likeness (QED) is 0.745. The number of piperidine rings is 1. The molecule has 6 heteroatoms. The molecular weight excluding hydrogens is 274 g/mol. The van der Waals surface area contributed by atoms with Gasteiger partial charge in [-0.3, -0.25) is 4.79 Å². The van der Waals surface area contributed by atoms with Gasteiger partial charge in [0.25, 0.3) is 0 Å². The maximum absolute atomic E-state index is 12.1. The Morgan fingerprint density at radius 1 is 1.14 bits per heavy atom. The highest BCUT2D eigenvalue weighted by Gasteiger charge is 2.43. The molecule has 0 saturated carbocycles. The van der Waals surface area contributed by atoms with Crippen LogP contribution in [-0.2, 0) is 19.0 Å². The Hall–Kier alpha value is -1.30. The zero-order chi connectivity index (χ0) is 16.1. The molecule has 0 spiro atoms. The van der Waals surface area contributed by atoms with E-state index in [1.165, 1.54) is 7.11 Å². The number of esters is 1. The highest BCUT2D eigenvalue weighted by atomic mass is 16.6. The summed E-state index contributed by atoms with van der Waals surface area (Å²) >= 11 is 0. The van der Waals surface area contributed by atoms with Crippen LogP contribution in [0.2, 0.25) is 0 Å². The van der Waals surface area contributed by atoms with Gasteiger partial charge in [0.05, 0.1) is 12.5 Å². The van der Waals surface area contributed by atoms with Crippen LogP contribution in [-0.4, -0.2) is 56.5 Å². The summed E-state index contributed by atoms with van der Waals surface area (Å²) in [7, 11) is 3.01. The third-order valence-corrected chi connectivity index (χ3v) is 3.78. The molecular formula is C15H27NO5. The summed E-state index contributed by atoms with van der Waals surface area (Å²) in [6.45, 7) is 7.01. The van der Waals surface area contributed by atoms with Gasteiger partial charge in [-0.15, -0.1) is 0 Å². The van der Waals surface area contributed by atoms with E-state index in [0.717, 1.165) is 0 Å². The topological polar surface area (TPSA) is 65.1 Å². The number of amides is 1. The molecule has 0 bridgehead atoms. The van der Waals surface area contributed by atoms with Crippen LogP contribution < -0.4 is 0 Å². The van der Waals surface area contributed by atoms with Crippen LogP contribution in [0.15, 0.2) is 0 Å². The molecule has 0 aromatic heterocycles. The second-order valence-corrected chi connectivity index (χ2v) is 6.48. The Bertz CT molecular complexity index is 367. The fourth-order valence-electron chi connectivity index (χ4n) is 2.51. The van der Waals surface area contributed by atoms with Gasteiger partial charge in [0, 0.05) is 26.8 Å². The first kappa shape index (κ1) is 17.8. The van der Waals surface area contributed by atoms with E-state index in [-0.39, 0.29) is 12.1 Å². The van der Waals surface area contributed by atoms with E-state index in [2.05, 4.69) is 0 Å². The largest absolute Gasteiger partial charge is 0.469 e. The van der Waals surface area contributed by atoms with Crippen LogP contribution in [0.3, 0.4) is 0 Å². The first-order valence-electron chi connectivity index (χ1n) is 7.29. The number of hydrogen-bond acceptors (Lipinski definition) is 5. The Morgan fingerprint density at radius 2 is 1.71 bits per heavy atom. The van der Waals surface area contributed by atoms with Gasteiger partial charge in [-0.1, -0.05) is 0 Å². The predicted octanol–water partition coefficient (Wildman–Crippen LogP) is 2.21. The molecule has 1 aliphatic rings. The molecule has 21 heavy (non-hydrogen) atoms. The first-order chi connectivity index (χ1) is 9.74. The Morgan fingerprint density at radius 3 is 2.14 bits per heavy atom. The molecule has 0 unspecified atom stereocenters. The van der Waals surface area contributed by atoms with Gasteiger partial charge in [-0.25, -0.2) is 4.79 Å². The lowest BCUT2D eigenvalue weighted by Gasteiger charge is -2.39. The Labute approximate surface area is 126 Å². The summed E-state index contributed by atoms with van der Waals surface area (Å²) in [5, 5.41) is 0. The van der Waals surface area contributed by atoms with E-state index in [1.54, 1.807) is 12.0 Å². The molecule has 1 amide bonds. The summed E-state index contributed by atoms with van der Waals surface area (Å²) in [6, 6.07) is 0. The molecule has 0 aromatic rings. The predicted molar refractivity (Wildman–Crippen MR) is 78.0 cm³/mol. The number of methoxy groups -OCH3 is 2. The van der Waals surface area contributed by atoms with Crippen molar-refractivity contribution in [2.75, 3.05) is 33.9 Å². The molecule has 0 aromatic carbocycles. The minimum Gasteiger partial charge on any atom is -0.469 e. The Kier molecular flexibility index (Phi) is 6.01. The van der Waals surface area contributed by atoms with E-state index in [9.17, 15) is 9.59 Å². The summed E-state index contributed by atoms with van der Waals surface area (Å²) in [5.41, 5.74) is -1.06. The molecule has 1 aliphatic heterocycles. The van der Waals surface area contributed by atoms with Crippen LogP contribution in [0.5, 0.6) is 0 Å². The molecule has 0 aliphatic carbocycles. The van der Waals surface area contributed by atoms with E-state index in [4.69, 9.17) is 14.2 Å². The smallest absolute Gasteiger partial charge is 0.410 e. The molecule has 6 nitrogen and oxygen atoms in total. The molecule has 1 heterocycles. The van der Waals surface area contributed by atoms with Gasteiger partial charge >= 0.3 is 12.1 Å². The van der Waals surface area contributed by atoms with Crippen molar-refractivity contribution in [2.45, 2.75) is 45.6 Å². The minimum atomic E-state index is -0.552. The monoisotopic (exact) mass is 301 g/mol. The highest BCUT2D eigenvalue weighted by molar-refractivity contribution is 5.77. The van der Waals surface area contributed by atoms with Crippen molar-refractivity contribution in [2.24, 2.45) is 5.41 Å². The van der Waals surface area contributed by atoms with Crippen LogP contribution in [0.1, 0.15) is 40.0 Å². The average molecular weight is 301 g/mol. The summed E-state index contributed by atoms with van der Waals surface area (Å²) < 4.78 is 15.4. The van der Waals surface area contributed by atoms with Crippen molar-refractivity contribution in [3.63, 3.8) is 0 Å². The molecule has 0 N–H and O–H groups in total. The fraction of sp³-hybridized carbons (Fsp3) is 0.867. The van der Waals surface area contributed by atoms with Gasteiger partial charge in [-0.2, -0.15) is 0 Å². The third-order valence-electron chi connectivity index (χ3n) is 3.78. The molecule has 0 atom stereocenters. The SMILES string of the molecule is COCCC1(C(=O)OC)CCN(C(=O)OC(C)(C)C)CC1. The van der Waals surface area contributed by atoms with Crippen molar-refractivity contribution in [1.82, 2.24) is 4.90 Å². The average Bonchev–Trinajstić information content (AvgIpc) is 2.42. The van der Waals surface area contributed by atoms with Crippen molar-refractivity contribution in [1.29, 1.82) is 0 Å². The normalized spacial score (nSPS) is 18.2.